The Labute approximate surface area is 176 Å². The van der Waals surface area contributed by atoms with E-state index < -0.39 is 0 Å². The summed E-state index contributed by atoms with van der Waals surface area (Å²) in [6.45, 7) is 1.54. The Bertz CT molecular complexity index is 1120. The molecule has 4 rings (SSSR count). The van der Waals surface area contributed by atoms with Gasteiger partial charge in [-0.25, -0.2) is 8.78 Å². The van der Waals surface area contributed by atoms with Gasteiger partial charge in [0, 0.05) is 29.4 Å². The van der Waals surface area contributed by atoms with E-state index in [1.807, 2.05) is 37.4 Å². The SMILES string of the molecule is CN(CCCCc1cn(-c2ccc(F)cc2)c2ccccc12)Cc1ccccc1F. The maximum absolute atomic E-state index is 13.8. The van der Waals surface area contributed by atoms with Gasteiger partial charge in [-0.1, -0.05) is 36.4 Å². The Kier molecular flexibility index (Phi) is 6.24. The van der Waals surface area contributed by atoms with Crippen LogP contribution in [0.15, 0.2) is 79.0 Å². The van der Waals surface area contributed by atoms with E-state index in [1.165, 1.54) is 29.1 Å². The molecule has 30 heavy (non-hydrogen) atoms. The van der Waals surface area contributed by atoms with Crippen LogP contribution in [0.5, 0.6) is 0 Å². The number of benzene rings is 3. The third-order valence-electron chi connectivity index (χ3n) is 5.53. The minimum atomic E-state index is -0.227. The van der Waals surface area contributed by atoms with Crippen molar-refractivity contribution < 1.29 is 8.78 Å². The van der Waals surface area contributed by atoms with Crippen LogP contribution in [0.2, 0.25) is 0 Å². The quantitative estimate of drug-likeness (QED) is 0.310. The van der Waals surface area contributed by atoms with Gasteiger partial charge in [0.25, 0.3) is 0 Å². The van der Waals surface area contributed by atoms with E-state index in [1.54, 1.807) is 6.07 Å². The Hall–Kier alpha value is -2.98. The first-order chi connectivity index (χ1) is 14.6. The fourth-order valence-electron chi connectivity index (χ4n) is 3.96. The molecule has 0 atom stereocenters. The van der Waals surface area contributed by atoms with E-state index in [0.29, 0.717) is 6.54 Å². The van der Waals surface area contributed by atoms with Gasteiger partial charge < -0.3 is 9.47 Å². The van der Waals surface area contributed by atoms with Crippen LogP contribution in [-0.2, 0) is 13.0 Å². The maximum Gasteiger partial charge on any atom is 0.127 e. The summed E-state index contributed by atoms with van der Waals surface area (Å²) >= 11 is 0. The van der Waals surface area contributed by atoms with Crippen LogP contribution in [0.4, 0.5) is 8.78 Å². The van der Waals surface area contributed by atoms with E-state index in [4.69, 9.17) is 0 Å². The highest BCUT2D eigenvalue weighted by atomic mass is 19.1. The van der Waals surface area contributed by atoms with E-state index in [2.05, 4.69) is 33.9 Å². The summed E-state index contributed by atoms with van der Waals surface area (Å²) in [5, 5.41) is 1.24. The first kappa shape index (κ1) is 20.3. The first-order valence-corrected chi connectivity index (χ1v) is 10.4. The summed E-state index contributed by atoms with van der Waals surface area (Å²) < 4.78 is 29.3. The summed E-state index contributed by atoms with van der Waals surface area (Å²) in [4.78, 5) is 2.17. The van der Waals surface area contributed by atoms with Gasteiger partial charge in [-0.15, -0.1) is 0 Å². The highest BCUT2D eigenvalue weighted by Gasteiger charge is 2.10. The van der Waals surface area contributed by atoms with Crippen molar-refractivity contribution in [2.24, 2.45) is 0 Å². The standard InChI is InChI=1S/C26H26F2N2/c1-29(18-21-9-2-4-11-25(21)28)17-7-6-8-20-19-30(23-15-13-22(27)14-16-23)26-12-5-3-10-24(20)26/h2-5,9-16,19H,6-8,17-18H2,1H3. The Morgan fingerprint density at radius 2 is 1.53 bits per heavy atom. The molecule has 0 fully saturated rings. The van der Waals surface area contributed by atoms with Crippen molar-refractivity contribution in [3.8, 4) is 5.69 Å². The van der Waals surface area contributed by atoms with Crippen LogP contribution < -0.4 is 0 Å². The topological polar surface area (TPSA) is 8.17 Å². The van der Waals surface area contributed by atoms with Crippen LogP contribution in [0.1, 0.15) is 24.0 Å². The van der Waals surface area contributed by atoms with Crippen molar-refractivity contribution in [1.29, 1.82) is 0 Å². The summed E-state index contributed by atoms with van der Waals surface area (Å²) in [5.41, 5.74) is 4.13. The number of fused-ring (bicyclic) bond motifs is 1. The second-order valence-electron chi connectivity index (χ2n) is 7.80. The lowest BCUT2D eigenvalue weighted by Crippen LogP contribution is -2.19. The molecule has 0 spiro atoms. The highest BCUT2D eigenvalue weighted by molar-refractivity contribution is 5.85. The van der Waals surface area contributed by atoms with E-state index in [0.717, 1.165) is 42.6 Å². The van der Waals surface area contributed by atoms with Crippen molar-refractivity contribution in [3.05, 3.63) is 102 Å². The molecule has 3 aromatic carbocycles. The van der Waals surface area contributed by atoms with Crippen LogP contribution in [0, 0.1) is 11.6 Å². The second-order valence-corrected chi connectivity index (χ2v) is 7.80. The molecule has 0 saturated heterocycles. The largest absolute Gasteiger partial charge is 0.316 e. The Morgan fingerprint density at radius 3 is 2.33 bits per heavy atom. The summed E-state index contributed by atoms with van der Waals surface area (Å²) in [6.07, 6.45) is 5.24. The van der Waals surface area contributed by atoms with Crippen molar-refractivity contribution in [2.75, 3.05) is 13.6 Å². The van der Waals surface area contributed by atoms with Crippen molar-refractivity contribution in [2.45, 2.75) is 25.8 Å². The zero-order valence-corrected chi connectivity index (χ0v) is 17.2. The highest BCUT2D eigenvalue weighted by Crippen LogP contribution is 2.26. The third kappa shape index (κ3) is 4.60. The van der Waals surface area contributed by atoms with Gasteiger partial charge in [-0.05, 0) is 74.8 Å². The molecule has 0 aliphatic carbocycles. The minimum absolute atomic E-state index is 0.141. The molecule has 0 bridgehead atoms. The van der Waals surface area contributed by atoms with Gasteiger partial charge in [0.15, 0.2) is 0 Å². The fourth-order valence-corrected chi connectivity index (χ4v) is 3.96. The van der Waals surface area contributed by atoms with Gasteiger partial charge in [0.1, 0.15) is 11.6 Å². The smallest absolute Gasteiger partial charge is 0.127 e. The van der Waals surface area contributed by atoms with Crippen LogP contribution in [0.3, 0.4) is 0 Å². The van der Waals surface area contributed by atoms with Gasteiger partial charge in [-0.2, -0.15) is 0 Å². The molecular weight excluding hydrogens is 378 g/mol. The van der Waals surface area contributed by atoms with Crippen molar-refractivity contribution in [3.63, 3.8) is 0 Å². The predicted molar refractivity (Wildman–Crippen MR) is 119 cm³/mol. The summed E-state index contributed by atoms with van der Waals surface area (Å²) in [6, 6.07) is 21.9. The molecule has 0 amide bonds. The molecule has 0 aliphatic rings. The number of hydrogen-bond donors (Lipinski definition) is 0. The van der Waals surface area contributed by atoms with Crippen LogP contribution in [-0.4, -0.2) is 23.1 Å². The fraction of sp³-hybridized carbons (Fsp3) is 0.231. The zero-order chi connectivity index (χ0) is 20.9. The number of unbranched alkanes of at least 4 members (excludes halogenated alkanes) is 1. The molecule has 154 valence electrons. The van der Waals surface area contributed by atoms with Crippen LogP contribution >= 0.6 is 0 Å². The Morgan fingerprint density at radius 1 is 0.800 bits per heavy atom. The predicted octanol–water partition coefficient (Wildman–Crippen LogP) is 6.36. The molecule has 0 N–H and O–H groups in total. The van der Waals surface area contributed by atoms with E-state index in [-0.39, 0.29) is 11.6 Å². The second kappa shape index (κ2) is 9.23. The first-order valence-electron chi connectivity index (χ1n) is 10.4. The molecule has 0 aliphatic heterocycles. The van der Waals surface area contributed by atoms with Gasteiger partial charge in [0.2, 0.25) is 0 Å². The monoisotopic (exact) mass is 404 g/mol. The summed E-state index contributed by atoms with van der Waals surface area (Å²) in [5.74, 6) is -0.368. The maximum atomic E-state index is 13.8. The number of aromatic nitrogens is 1. The molecule has 1 heterocycles. The van der Waals surface area contributed by atoms with E-state index >= 15 is 0 Å². The van der Waals surface area contributed by atoms with Crippen molar-refractivity contribution in [1.82, 2.24) is 9.47 Å². The lowest BCUT2D eigenvalue weighted by molar-refractivity contribution is 0.313. The number of aryl methyl sites for hydroxylation is 1. The van der Waals surface area contributed by atoms with E-state index in [9.17, 15) is 8.78 Å². The average molecular weight is 405 g/mol. The third-order valence-corrected chi connectivity index (χ3v) is 5.53. The minimum Gasteiger partial charge on any atom is -0.316 e. The number of halogens is 2. The molecule has 4 heteroatoms. The van der Waals surface area contributed by atoms with Crippen LogP contribution in [0.25, 0.3) is 16.6 Å². The van der Waals surface area contributed by atoms with Gasteiger partial charge in [0.05, 0.1) is 5.52 Å². The normalized spacial score (nSPS) is 11.5. The molecule has 0 saturated carbocycles. The molecular formula is C26H26F2N2. The van der Waals surface area contributed by atoms with Gasteiger partial charge >= 0.3 is 0 Å². The lowest BCUT2D eigenvalue weighted by Gasteiger charge is -2.16. The molecule has 0 unspecified atom stereocenters. The molecule has 2 nitrogen and oxygen atoms in total. The average Bonchev–Trinajstić information content (AvgIpc) is 3.12. The molecule has 4 aromatic rings. The number of nitrogens with zero attached hydrogens (tertiary/aromatic N) is 2. The summed E-state index contributed by atoms with van der Waals surface area (Å²) in [7, 11) is 2.03. The molecule has 0 radical (unpaired) electrons. The lowest BCUT2D eigenvalue weighted by atomic mass is 10.1. The zero-order valence-electron chi connectivity index (χ0n) is 17.2. The number of hydrogen-bond acceptors (Lipinski definition) is 1. The molecule has 1 aromatic heterocycles. The number of rotatable bonds is 8. The van der Waals surface area contributed by atoms with Gasteiger partial charge in [-0.3, -0.25) is 0 Å². The number of para-hydroxylation sites is 1. The van der Waals surface area contributed by atoms with Crippen molar-refractivity contribution >= 4 is 10.9 Å². The Balaban J connectivity index is 1.40.